The highest BCUT2D eigenvalue weighted by Crippen LogP contribution is 2.31. The van der Waals surface area contributed by atoms with Crippen molar-refractivity contribution < 1.29 is 9.53 Å². The Morgan fingerprint density at radius 1 is 1.08 bits per heavy atom. The standard InChI is InChI=1S/C29H34N6O2/c1-19(2)37-25-14-12-22(13-15-25)17-30-29(36)23-9-8-16-34(18-23)28-27-26(20(3)31-32-28)21(4)35(33-27)24-10-6-5-7-11-24/h5-7,10-15,19,23H,8-9,16-18H2,1-4H3,(H,30,36)/t23-/m1/s1. The number of hydrogen-bond donors (Lipinski definition) is 1. The summed E-state index contributed by atoms with van der Waals surface area (Å²) in [4.78, 5) is 15.3. The summed E-state index contributed by atoms with van der Waals surface area (Å²) in [7, 11) is 0. The van der Waals surface area contributed by atoms with Crippen molar-refractivity contribution in [1.29, 1.82) is 0 Å². The van der Waals surface area contributed by atoms with E-state index in [-0.39, 0.29) is 17.9 Å². The molecule has 2 aromatic heterocycles. The third kappa shape index (κ3) is 5.28. The van der Waals surface area contributed by atoms with E-state index in [1.807, 2.05) is 80.1 Å². The molecule has 1 saturated heterocycles. The SMILES string of the molecule is Cc1nnc(N2CCC[C@@H](C(=O)NCc3ccc(OC(C)C)cc3)C2)c2nn(-c3ccccc3)c(C)c12. The smallest absolute Gasteiger partial charge is 0.225 e. The Bertz CT molecular complexity index is 1380. The maximum atomic E-state index is 13.1. The molecule has 1 N–H and O–H groups in total. The predicted octanol–water partition coefficient (Wildman–Crippen LogP) is 4.75. The number of ether oxygens (including phenoxy) is 1. The number of anilines is 1. The second kappa shape index (κ2) is 10.6. The molecule has 0 radical (unpaired) electrons. The monoisotopic (exact) mass is 498 g/mol. The lowest BCUT2D eigenvalue weighted by Crippen LogP contribution is -2.43. The van der Waals surface area contributed by atoms with Crippen LogP contribution >= 0.6 is 0 Å². The molecule has 4 aromatic rings. The number of amides is 1. The molecule has 0 unspecified atom stereocenters. The summed E-state index contributed by atoms with van der Waals surface area (Å²) in [5.74, 6) is 1.53. The molecule has 8 nitrogen and oxygen atoms in total. The Kier molecular flexibility index (Phi) is 7.08. The summed E-state index contributed by atoms with van der Waals surface area (Å²) in [5.41, 5.74) is 4.77. The van der Waals surface area contributed by atoms with Gasteiger partial charge in [-0.3, -0.25) is 4.79 Å². The first-order chi connectivity index (χ1) is 17.9. The zero-order valence-electron chi connectivity index (χ0n) is 21.9. The first-order valence-electron chi connectivity index (χ1n) is 13.0. The van der Waals surface area contributed by atoms with Crippen molar-refractivity contribution >= 4 is 22.6 Å². The summed E-state index contributed by atoms with van der Waals surface area (Å²) < 4.78 is 7.66. The maximum Gasteiger partial charge on any atom is 0.225 e. The lowest BCUT2D eigenvalue weighted by molar-refractivity contribution is -0.125. The summed E-state index contributed by atoms with van der Waals surface area (Å²) in [6, 6.07) is 18.0. The quantitative estimate of drug-likeness (QED) is 0.396. The molecule has 3 heterocycles. The van der Waals surface area contributed by atoms with Crippen molar-refractivity contribution in [2.24, 2.45) is 5.92 Å². The number of para-hydroxylation sites is 1. The Morgan fingerprint density at radius 2 is 1.84 bits per heavy atom. The number of nitrogens with one attached hydrogen (secondary N) is 1. The van der Waals surface area contributed by atoms with E-state index in [9.17, 15) is 4.79 Å². The molecule has 37 heavy (non-hydrogen) atoms. The number of rotatable bonds is 7. The van der Waals surface area contributed by atoms with Gasteiger partial charge < -0.3 is 15.0 Å². The highest BCUT2D eigenvalue weighted by atomic mass is 16.5. The van der Waals surface area contributed by atoms with Gasteiger partial charge in [0, 0.05) is 19.6 Å². The van der Waals surface area contributed by atoms with E-state index >= 15 is 0 Å². The van der Waals surface area contributed by atoms with Crippen LogP contribution in [0.1, 0.15) is 43.6 Å². The van der Waals surface area contributed by atoms with Gasteiger partial charge in [-0.2, -0.15) is 10.2 Å². The van der Waals surface area contributed by atoms with Gasteiger partial charge in [-0.25, -0.2) is 4.68 Å². The molecule has 192 valence electrons. The molecule has 0 bridgehead atoms. The van der Waals surface area contributed by atoms with Crippen LogP contribution in [0.25, 0.3) is 16.6 Å². The zero-order valence-corrected chi connectivity index (χ0v) is 21.9. The minimum atomic E-state index is -0.118. The number of carbonyl (C=O) groups is 1. The van der Waals surface area contributed by atoms with Gasteiger partial charge in [0.2, 0.25) is 5.91 Å². The van der Waals surface area contributed by atoms with Gasteiger partial charge in [0.1, 0.15) is 11.3 Å². The van der Waals surface area contributed by atoms with Crippen LogP contribution in [0.15, 0.2) is 54.6 Å². The number of aryl methyl sites for hydroxylation is 2. The Morgan fingerprint density at radius 3 is 2.57 bits per heavy atom. The van der Waals surface area contributed by atoms with E-state index in [0.29, 0.717) is 13.1 Å². The summed E-state index contributed by atoms with van der Waals surface area (Å²) >= 11 is 0. The molecule has 1 fully saturated rings. The average molecular weight is 499 g/mol. The van der Waals surface area contributed by atoms with Crippen molar-refractivity contribution in [2.45, 2.75) is 53.2 Å². The van der Waals surface area contributed by atoms with Crippen LogP contribution in [0.4, 0.5) is 5.82 Å². The van der Waals surface area contributed by atoms with Gasteiger partial charge in [0.05, 0.1) is 34.5 Å². The molecule has 1 aliphatic heterocycles. The van der Waals surface area contributed by atoms with E-state index in [1.54, 1.807) is 0 Å². The molecule has 1 aliphatic rings. The molecular formula is C29H34N6O2. The van der Waals surface area contributed by atoms with Crippen LogP contribution < -0.4 is 15.0 Å². The summed E-state index contributed by atoms with van der Waals surface area (Å²) in [6.07, 6.45) is 1.90. The van der Waals surface area contributed by atoms with Crippen molar-refractivity contribution in [1.82, 2.24) is 25.3 Å². The van der Waals surface area contributed by atoms with E-state index in [2.05, 4.69) is 27.3 Å². The number of nitrogens with zero attached hydrogens (tertiary/aromatic N) is 5. The summed E-state index contributed by atoms with van der Waals surface area (Å²) in [6.45, 7) is 9.95. The third-order valence-electron chi connectivity index (χ3n) is 6.84. The highest BCUT2D eigenvalue weighted by Gasteiger charge is 2.29. The lowest BCUT2D eigenvalue weighted by atomic mass is 9.97. The number of hydrogen-bond acceptors (Lipinski definition) is 6. The van der Waals surface area contributed by atoms with Crippen LogP contribution in [-0.4, -0.2) is 45.1 Å². The number of piperidine rings is 1. The van der Waals surface area contributed by atoms with E-state index in [4.69, 9.17) is 9.84 Å². The van der Waals surface area contributed by atoms with Crippen molar-refractivity contribution in [3.63, 3.8) is 0 Å². The number of fused-ring (bicyclic) bond motifs is 1. The maximum absolute atomic E-state index is 13.1. The van der Waals surface area contributed by atoms with Gasteiger partial charge in [0.15, 0.2) is 5.82 Å². The fourth-order valence-corrected chi connectivity index (χ4v) is 5.02. The predicted molar refractivity (Wildman–Crippen MR) is 145 cm³/mol. The van der Waals surface area contributed by atoms with Crippen molar-refractivity contribution in [2.75, 3.05) is 18.0 Å². The molecule has 0 saturated carbocycles. The number of benzene rings is 2. The molecule has 5 rings (SSSR count). The minimum Gasteiger partial charge on any atom is -0.491 e. The Balaban J connectivity index is 1.31. The minimum absolute atomic E-state index is 0.0644. The Labute approximate surface area is 217 Å². The number of carbonyl (C=O) groups excluding carboxylic acids is 1. The topological polar surface area (TPSA) is 85.2 Å². The largest absolute Gasteiger partial charge is 0.491 e. The Hall–Kier alpha value is -3.94. The average Bonchev–Trinajstić information content (AvgIpc) is 3.26. The van der Waals surface area contributed by atoms with Gasteiger partial charge in [-0.05, 0) is 70.4 Å². The van der Waals surface area contributed by atoms with E-state index < -0.39 is 0 Å². The van der Waals surface area contributed by atoms with Crippen LogP contribution in [0, 0.1) is 19.8 Å². The van der Waals surface area contributed by atoms with E-state index in [0.717, 1.165) is 64.5 Å². The highest BCUT2D eigenvalue weighted by molar-refractivity contribution is 5.92. The lowest BCUT2D eigenvalue weighted by Gasteiger charge is -2.32. The second-order valence-electron chi connectivity index (χ2n) is 9.98. The normalized spacial score (nSPS) is 15.8. The van der Waals surface area contributed by atoms with Crippen molar-refractivity contribution in [3.8, 4) is 11.4 Å². The first-order valence-corrected chi connectivity index (χ1v) is 13.0. The molecule has 2 aromatic carbocycles. The van der Waals surface area contributed by atoms with Gasteiger partial charge in [0.25, 0.3) is 0 Å². The van der Waals surface area contributed by atoms with Crippen LogP contribution in [0.2, 0.25) is 0 Å². The molecule has 1 atom stereocenters. The van der Waals surface area contributed by atoms with E-state index in [1.165, 1.54) is 0 Å². The van der Waals surface area contributed by atoms with Crippen LogP contribution in [-0.2, 0) is 11.3 Å². The van der Waals surface area contributed by atoms with Gasteiger partial charge in [-0.1, -0.05) is 30.3 Å². The van der Waals surface area contributed by atoms with Crippen LogP contribution in [0.3, 0.4) is 0 Å². The number of aromatic nitrogens is 4. The fraction of sp³-hybridized carbons (Fsp3) is 0.379. The van der Waals surface area contributed by atoms with Crippen LogP contribution in [0.5, 0.6) is 5.75 Å². The molecule has 0 aliphatic carbocycles. The van der Waals surface area contributed by atoms with Gasteiger partial charge in [-0.15, -0.1) is 5.10 Å². The van der Waals surface area contributed by atoms with Crippen molar-refractivity contribution in [3.05, 3.63) is 71.5 Å². The molecule has 0 spiro atoms. The second-order valence-corrected chi connectivity index (χ2v) is 9.98. The molecule has 1 amide bonds. The summed E-state index contributed by atoms with van der Waals surface area (Å²) in [5, 5.41) is 18.1. The fourth-order valence-electron chi connectivity index (χ4n) is 5.02. The third-order valence-corrected chi connectivity index (χ3v) is 6.84. The molecule has 8 heteroatoms. The zero-order chi connectivity index (χ0) is 25.9. The van der Waals surface area contributed by atoms with Gasteiger partial charge >= 0.3 is 0 Å². The molecular weight excluding hydrogens is 464 g/mol. The first kappa shape index (κ1) is 24.7.